The molecule has 94 valence electrons. The number of amides is 1. The van der Waals surface area contributed by atoms with Crippen LogP contribution < -0.4 is 22.3 Å². The highest BCUT2D eigenvalue weighted by atomic mass is 16.2. The highest BCUT2D eigenvalue weighted by Gasteiger charge is 2.10. The Hall–Kier alpha value is -1.89. The first-order valence-electron chi connectivity index (χ1n) is 5.12. The van der Waals surface area contributed by atoms with Crippen molar-refractivity contribution >= 4 is 5.91 Å². The number of primary amides is 1. The Morgan fingerprint density at radius 3 is 2.59 bits per heavy atom. The minimum Gasteiger partial charge on any atom is -0.368 e. The standard InChI is InChI=1S/C10H16N4O3/c1-6(8(11)15)12-4-7-5-13(2)10(17)14(3)9(7)16/h5-6,12H,4H2,1-3H3,(H2,11,15). The number of nitrogens with two attached hydrogens (primary N) is 1. The summed E-state index contributed by atoms with van der Waals surface area (Å²) in [6.45, 7) is 1.79. The van der Waals surface area contributed by atoms with Gasteiger partial charge in [-0.3, -0.25) is 14.2 Å². The lowest BCUT2D eigenvalue weighted by atomic mass is 10.2. The molecule has 7 nitrogen and oxygen atoms in total. The van der Waals surface area contributed by atoms with Crippen molar-refractivity contribution in [3.8, 4) is 0 Å². The average Bonchev–Trinajstić information content (AvgIpc) is 2.28. The number of nitrogens with one attached hydrogen (secondary N) is 1. The Morgan fingerprint density at radius 1 is 1.47 bits per heavy atom. The molecule has 0 saturated carbocycles. The fraction of sp³-hybridized carbons (Fsp3) is 0.500. The van der Waals surface area contributed by atoms with Crippen molar-refractivity contribution in [2.75, 3.05) is 0 Å². The molecular weight excluding hydrogens is 224 g/mol. The maximum absolute atomic E-state index is 11.7. The second-order valence-electron chi connectivity index (χ2n) is 3.92. The van der Waals surface area contributed by atoms with Gasteiger partial charge in [-0.15, -0.1) is 0 Å². The van der Waals surface area contributed by atoms with E-state index in [0.717, 1.165) is 4.57 Å². The summed E-state index contributed by atoms with van der Waals surface area (Å²) in [5.41, 5.74) is 4.72. The summed E-state index contributed by atoms with van der Waals surface area (Å²) >= 11 is 0. The molecule has 0 aliphatic heterocycles. The molecule has 0 spiro atoms. The van der Waals surface area contributed by atoms with Gasteiger partial charge in [0, 0.05) is 32.4 Å². The molecule has 17 heavy (non-hydrogen) atoms. The van der Waals surface area contributed by atoms with Gasteiger partial charge < -0.3 is 15.6 Å². The summed E-state index contributed by atoms with van der Waals surface area (Å²) in [4.78, 5) is 34.0. The van der Waals surface area contributed by atoms with Gasteiger partial charge in [-0.2, -0.15) is 0 Å². The van der Waals surface area contributed by atoms with Crippen molar-refractivity contribution in [3.63, 3.8) is 0 Å². The van der Waals surface area contributed by atoms with Crippen molar-refractivity contribution in [1.29, 1.82) is 0 Å². The lowest BCUT2D eigenvalue weighted by Crippen LogP contribution is -2.42. The number of hydrogen-bond acceptors (Lipinski definition) is 4. The molecule has 0 aromatic carbocycles. The molecule has 1 unspecified atom stereocenters. The number of aromatic nitrogens is 2. The minimum atomic E-state index is -0.531. The molecule has 0 bridgehead atoms. The molecule has 1 heterocycles. The van der Waals surface area contributed by atoms with Crippen molar-refractivity contribution in [2.24, 2.45) is 19.8 Å². The second kappa shape index (κ2) is 4.96. The van der Waals surface area contributed by atoms with E-state index in [9.17, 15) is 14.4 Å². The van der Waals surface area contributed by atoms with Gasteiger partial charge in [-0.05, 0) is 6.92 Å². The molecule has 1 amide bonds. The molecular formula is C10H16N4O3. The van der Waals surface area contributed by atoms with Crippen LogP contribution in [0, 0.1) is 0 Å². The van der Waals surface area contributed by atoms with Gasteiger partial charge in [-0.1, -0.05) is 0 Å². The number of carbonyl (C=O) groups is 1. The van der Waals surface area contributed by atoms with Gasteiger partial charge in [-0.25, -0.2) is 4.79 Å². The topological polar surface area (TPSA) is 99.1 Å². The molecule has 1 aromatic rings. The van der Waals surface area contributed by atoms with E-state index in [4.69, 9.17) is 5.73 Å². The van der Waals surface area contributed by atoms with E-state index in [1.807, 2.05) is 0 Å². The Morgan fingerprint density at radius 2 is 2.06 bits per heavy atom. The average molecular weight is 240 g/mol. The first-order valence-corrected chi connectivity index (χ1v) is 5.12. The highest BCUT2D eigenvalue weighted by molar-refractivity contribution is 5.79. The predicted molar refractivity (Wildman–Crippen MR) is 62.4 cm³/mol. The molecule has 0 aliphatic carbocycles. The Kier molecular flexibility index (Phi) is 3.84. The lowest BCUT2D eigenvalue weighted by Gasteiger charge is -2.11. The van der Waals surface area contributed by atoms with Crippen LogP contribution in [0.4, 0.5) is 0 Å². The van der Waals surface area contributed by atoms with E-state index in [-0.39, 0.29) is 17.8 Å². The number of hydrogen-bond donors (Lipinski definition) is 2. The zero-order chi connectivity index (χ0) is 13.2. The normalized spacial score (nSPS) is 12.4. The van der Waals surface area contributed by atoms with Crippen LogP contribution in [0.1, 0.15) is 12.5 Å². The van der Waals surface area contributed by atoms with Gasteiger partial charge >= 0.3 is 5.69 Å². The van der Waals surface area contributed by atoms with Crippen LogP contribution in [0.25, 0.3) is 0 Å². The fourth-order valence-electron chi connectivity index (χ4n) is 1.37. The fourth-order valence-corrected chi connectivity index (χ4v) is 1.37. The smallest absolute Gasteiger partial charge is 0.330 e. The predicted octanol–water partition coefficient (Wildman–Crippen LogP) is -1.95. The number of aryl methyl sites for hydroxylation is 1. The van der Waals surface area contributed by atoms with Gasteiger partial charge in [0.25, 0.3) is 5.56 Å². The molecule has 0 radical (unpaired) electrons. The van der Waals surface area contributed by atoms with Gasteiger partial charge in [0.2, 0.25) is 5.91 Å². The van der Waals surface area contributed by atoms with Crippen LogP contribution in [0.5, 0.6) is 0 Å². The third-order valence-electron chi connectivity index (χ3n) is 2.54. The van der Waals surface area contributed by atoms with Crippen LogP contribution >= 0.6 is 0 Å². The SMILES string of the molecule is CC(NCc1cn(C)c(=O)n(C)c1=O)C(N)=O. The summed E-state index contributed by atoms with van der Waals surface area (Å²) in [5.74, 6) is -0.494. The molecule has 0 aliphatic rings. The lowest BCUT2D eigenvalue weighted by molar-refractivity contribution is -0.119. The quantitative estimate of drug-likeness (QED) is 0.638. The maximum Gasteiger partial charge on any atom is 0.330 e. The van der Waals surface area contributed by atoms with Gasteiger partial charge in [0.05, 0.1) is 6.04 Å². The summed E-state index contributed by atoms with van der Waals surface area (Å²) in [6, 6.07) is -0.531. The monoisotopic (exact) mass is 240 g/mol. The largest absolute Gasteiger partial charge is 0.368 e. The molecule has 1 rings (SSSR count). The molecule has 3 N–H and O–H groups in total. The second-order valence-corrected chi connectivity index (χ2v) is 3.92. The first-order chi connectivity index (χ1) is 7.84. The molecule has 1 aromatic heterocycles. The molecule has 0 fully saturated rings. The van der Waals surface area contributed by atoms with Gasteiger partial charge in [0.15, 0.2) is 0 Å². The maximum atomic E-state index is 11.7. The number of carbonyl (C=O) groups excluding carboxylic acids is 1. The summed E-state index contributed by atoms with van der Waals surface area (Å²) in [5, 5.41) is 2.81. The van der Waals surface area contributed by atoms with Crippen LogP contribution in [-0.2, 0) is 25.4 Å². The molecule has 7 heteroatoms. The number of nitrogens with zero attached hydrogens (tertiary/aromatic N) is 2. The summed E-state index contributed by atoms with van der Waals surface area (Å²) < 4.78 is 2.33. The Labute approximate surface area is 97.9 Å². The van der Waals surface area contributed by atoms with E-state index in [1.165, 1.54) is 17.8 Å². The van der Waals surface area contributed by atoms with Crippen LogP contribution in [-0.4, -0.2) is 21.1 Å². The number of rotatable bonds is 4. The zero-order valence-corrected chi connectivity index (χ0v) is 10.1. The minimum absolute atomic E-state index is 0.185. The Balaban J connectivity index is 2.98. The van der Waals surface area contributed by atoms with Crippen molar-refractivity contribution in [2.45, 2.75) is 19.5 Å². The van der Waals surface area contributed by atoms with Crippen molar-refractivity contribution in [3.05, 3.63) is 32.6 Å². The van der Waals surface area contributed by atoms with Crippen molar-refractivity contribution < 1.29 is 4.79 Å². The van der Waals surface area contributed by atoms with E-state index >= 15 is 0 Å². The summed E-state index contributed by atoms with van der Waals surface area (Å²) in [7, 11) is 2.97. The molecule has 0 saturated heterocycles. The highest BCUT2D eigenvalue weighted by Crippen LogP contribution is 1.89. The van der Waals surface area contributed by atoms with E-state index in [2.05, 4.69) is 5.32 Å². The first kappa shape index (κ1) is 13.2. The van der Waals surface area contributed by atoms with Crippen LogP contribution in [0.2, 0.25) is 0 Å². The summed E-state index contributed by atoms with van der Waals surface area (Å²) in [6.07, 6.45) is 1.45. The van der Waals surface area contributed by atoms with E-state index < -0.39 is 11.9 Å². The van der Waals surface area contributed by atoms with E-state index in [0.29, 0.717) is 5.56 Å². The third kappa shape index (κ3) is 2.82. The van der Waals surface area contributed by atoms with Gasteiger partial charge in [0.1, 0.15) is 0 Å². The van der Waals surface area contributed by atoms with Crippen molar-refractivity contribution in [1.82, 2.24) is 14.5 Å². The molecule has 1 atom stereocenters. The van der Waals surface area contributed by atoms with Crippen LogP contribution in [0.15, 0.2) is 15.8 Å². The zero-order valence-electron chi connectivity index (χ0n) is 10.1. The Bertz CT molecular complexity index is 543. The van der Waals surface area contributed by atoms with E-state index in [1.54, 1.807) is 14.0 Å². The van der Waals surface area contributed by atoms with Crippen LogP contribution in [0.3, 0.4) is 0 Å². The third-order valence-corrected chi connectivity index (χ3v) is 2.54.